The zero-order chi connectivity index (χ0) is 6.57. The molecule has 1 unspecified atom stereocenters. The van der Waals surface area contributed by atoms with Crippen LogP contribution in [-0.4, -0.2) is 15.4 Å². The van der Waals surface area contributed by atoms with Gasteiger partial charge in [0.1, 0.15) is 0 Å². The van der Waals surface area contributed by atoms with Crippen molar-refractivity contribution in [3.8, 4) is 0 Å². The molecule has 48 valence electrons. The summed E-state index contributed by atoms with van der Waals surface area (Å²) in [6, 6.07) is 0. The van der Waals surface area contributed by atoms with Crippen molar-refractivity contribution in [3.63, 3.8) is 0 Å². The molecular weight excluding hydrogens is 223 g/mol. The fourth-order valence-corrected chi connectivity index (χ4v) is 0.410. The first-order valence-electron chi connectivity index (χ1n) is 2.20. The normalized spacial score (nSPS) is 12.8. The van der Waals surface area contributed by atoms with Crippen LogP contribution in [0.4, 0.5) is 4.79 Å². The molecule has 0 aromatic rings. The number of hydrogen-bond acceptors (Lipinski definition) is 2. The molecule has 1 atom stereocenters. The van der Waals surface area contributed by atoms with Gasteiger partial charge in [-0.3, -0.25) is 0 Å². The minimum Gasteiger partial charge on any atom is -0.450 e. The summed E-state index contributed by atoms with van der Waals surface area (Å²) in [5.41, 5.74) is 0. The van der Waals surface area contributed by atoms with Crippen LogP contribution in [0.3, 0.4) is 0 Å². The summed E-state index contributed by atoms with van der Waals surface area (Å²) in [6.45, 7) is 1.86. The molecule has 0 saturated carbocycles. The summed E-state index contributed by atoms with van der Waals surface area (Å²) in [7, 11) is 0. The van der Waals surface area contributed by atoms with E-state index in [4.69, 9.17) is 5.11 Å². The number of carboxylic acid groups (broad SMARTS) is 1. The van der Waals surface area contributed by atoms with Gasteiger partial charge in [-0.2, -0.15) is 0 Å². The average molecular weight is 230 g/mol. The fourth-order valence-electron chi connectivity index (χ4n) is 0.193. The number of alkyl halides is 1. The van der Waals surface area contributed by atoms with E-state index in [-0.39, 0.29) is 4.11 Å². The molecule has 0 rings (SSSR count). The molecule has 0 amide bonds. The molecule has 0 aliphatic rings. The molecule has 0 fully saturated rings. The number of halogens is 1. The zero-order valence-electron chi connectivity index (χ0n) is 4.43. The number of ether oxygens (including phenoxy) is 1. The molecule has 1 N–H and O–H groups in total. The summed E-state index contributed by atoms with van der Waals surface area (Å²) in [6.07, 6.45) is -0.487. The first kappa shape index (κ1) is 8.00. The van der Waals surface area contributed by atoms with E-state index in [1.54, 1.807) is 0 Å². The highest BCUT2D eigenvalue weighted by Gasteiger charge is 2.03. The summed E-state index contributed by atoms with van der Waals surface area (Å²) >= 11 is 1.92. The predicted octanol–water partition coefficient (Wildman–Crippen LogP) is 1.85. The van der Waals surface area contributed by atoms with Crippen molar-refractivity contribution in [3.05, 3.63) is 0 Å². The molecule has 0 radical (unpaired) electrons. The standard InChI is InChI=1S/C4H7IO3/c1-2-3(5)8-4(6)7/h3H,2H2,1H3,(H,6,7). The lowest BCUT2D eigenvalue weighted by Gasteiger charge is -2.02. The second kappa shape index (κ2) is 3.94. The van der Waals surface area contributed by atoms with Crippen molar-refractivity contribution in [2.45, 2.75) is 17.5 Å². The summed E-state index contributed by atoms with van der Waals surface area (Å²) < 4.78 is 4.10. The van der Waals surface area contributed by atoms with Gasteiger partial charge in [-0.1, -0.05) is 6.92 Å². The van der Waals surface area contributed by atoms with Crippen LogP contribution in [0.2, 0.25) is 0 Å². The maximum absolute atomic E-state index is 9.74. The summed E-state index contributed by atoms with van der Waals surface area (Å²) in [4.78, 5) is 9.74. The SMILES string of the molecule is CCC(I)OC(=O)O. The Morgan fingerprint density at radius 1 is 2.00 bits per heavy atom. The van der Waals surface area contributed by atoms with E-state index in [1.807, 2.05) is 29.5 Å². The molecule has 0 aromatic carbocycles. The van der Waals surface area contributed by atoms with Gasteiger partial charge in [-0.25, -0.2) is 4.79 Å². The van der Waals surface area contributed by atoms with Gasteiger partial charge in [-0.15, -0.1) is 0 Å². The van der Waals surface area contributed by atoms with Gasteiger partial charge in [0.25, 0.3) is 0 Å². The monoisotopic (exact) mass is 230 g/mol. The predicted molar refractivity (Wildman–Crippen MR) is 37.2 cm³/mol. The van der Waals surface area contributed by atoms with E-state index < -0.39 is 6.16 Å². The molecule has 0 aliphatic carbocycles. The lowest BCUT2D eigenvalue weighted by Crippen LogP contribution is -2.07. The lowest BCUT2D eigenvalue weighted by molar-refractivity contribution is 0.0860. The topological polar surface area (TPSA) is 46.5 Å². The maximum atomic E-state index is 9.74. The summed E-state index contributed by atoms with van der Waals surface area (Å²) in [5.74, 6) is 0. The Labute approximate surface area is 61.2 Å². The minimum absolute atomic E-state index is 0.204. The third kappa shape index (κ3) is 4.17. The Morgan fingerprint density at radius 3 is 2.62 bits per heavy atom. The van der Waals surface area contributed by atoms with Crippen molar-refractivity contribution in [1.29, 1.82) is 0 Å². The van der Waals surface area contributed by atoms with Crippen molar-refractivity contribution in [1.82, 2.24) is 0 Å². The second-order valence-electron chi connectivity index (χ2n) is 1.20. The average Bonchev–Trinajstić information content (AvgIpc) is 1.65. The largest absolute Gasteiger partial charge is 0.506 e. The Bertz CT molecular complexity index is 83.4. The molecule has 0 bridgehead atoms. The lowest BCUT2D eigenvalue weighted by atomic mass is 10.5. The molecule has 4 heteroatoms. The van der Waals surface area contributed by atoms with E-state index in [2.05, 4.69) is 4.74 Å². The third-order valence-electron chi connectivity index (χ3n) is 0.550. The van der Waals surface area contributed by atoms with E-state index in [0.29, 0.717) is 6.42 Å². The number of hydrogen-bond donors (Lipinski definition) is 1. The van der Waals surface area contributed by atoms with Gasteiger partial charge >= 0.3 is 6.16 Å². The van der Waals surface area contributed by atoms with Crippen molar-refractivity contribution in [2.75, 3.05) is 0 Å². The van der Waals surface area contributed by atoms with Crippen LogP contribution in [0.25, 0.3) is 0 Å². The Kier molecular flexibility index (Phi) is 3.94. The van der Waals surface area contributed by atoms with Crippen LogP contribution in [0.1, 0.15) is 13.3 Å². The highest BCUT2D eigenvalue weighted by Crippen LogP contribution is 2.05. The van der Waals surface area contributed by atoms with Gasteiger partial charge in [0.05, 0.1) is 0 Å². The highest BCUT2D eigenvalue weighted by molar-refractivity contribution is 14.1. The molecular formula is C4H7IO3. The fraction of sp³-hybridized carbons (Fsp3) is 0.750. The van der Waals surface area contributed by atoms with Crippen molar-refractivity contribution >= 4 is 28.7 Å². The number of rotatable bonds is 2. The molecule has 0 heterocycles. The van der Waals surface area contributed by atoms with Crippen LogP contribution < -0.4 is 0 Å². The smallest absolute Gasteiger partial charge is 0.450 e. The molecule has 0 spiro atoms. The van der Waals surface area contributed by atoms with Gasteiger partial charge < -0.3 is 9.84 Å². The molecule has 0 aliphatic heterocycles. The Hall–Kier alpha value is 0. The molecule has 3 nitrogen and oxygen atoms in total. The second-order valence-corrected chi connectivity index (χ2v) is 2.59. The van der Waals surface area contributed by atoms with E-state index in [9.17, 15) is 4.79 Å². The Balaban J connectivity index is 3.24. The first-order chi connectivity index (χ1) is 3.66. The maximum Gasteiger partial charge on any atom is 0.506 e. The molecule has 0 saturated heterocycles. The van der Waals surface area contributed by atoms with E-state index in [0.717, 1.165) is 0 Å². The molecule has 0 aromatic heterocycles. The quantitative estimate of drug-likeness (QED) is 0.447. The third-order valence-corrected chi connectivity index (χ3v) is 1.68. The number of carbonyl (C=O) groups is 1. The van der Waals surface area contributed by atoms with Crippen molar-refractivity contribution in [2.24, 2.45) is 0 Å². The summed E-state index contributed by atoms with van der Waals surface area (Å²) in [5, 5.41) is 7.99. The molecule has 8 heavy (non-hydrogen) atoms. The van der Waals surface area contributed by atoms with Crippen molar-refractivity contribution < 1.29 is 14.6 Å². The van der Waals surface area contributed by atoms with Crippen LogP contribution in [0.15, 0.2) is 0 Å². The van der Waals surface area contributed by atoms with Gasteiger partial charge in [0.2, 0.25) is 0 Å². The van der Waals surface area contributed by atoms with E-state index in [1.165, 1.54) is 0 Å². The van der Waals surface area contributed by atoms with E-state index >= 15 is 0 Å². The van der Waals surface area contributed by atoms with Gasteiger partial charge in [0, 0.05) is 0 Å². The Morgan fingerprint density at radius 2 is 2.50 bits per heavy atom. The first-order valence-corrected chi connectivity index (χ1v) is 3.45. The van der Waals surface area contributed by atoms with Gasteiger partial charge in [-0.05, 0) is 29.0 Å². The minimum atomic E-state index is -1.20. The zero-order valence-corrected chi connectivity index (χ0v) is 6.58. The van der Waals surface area contributed by atoms with Crippen LogP contribution in [0.5, 0.6) is 0 Å². The van der Waals surface area contributed by atoms with Crippen LogP contribution in [-0.2, 0) is 4.74 Å². The van der Waals surface area contributed by atoms with Crippen LogP contribution in [0, 0.1) is 0 Å². The van der Waals surface area contributed by atoms with Gasteiger partial charge in [0.15, 0.2) is 4.11 Å². The van der Waals surface area contributed by atoms with Crippen LogP contribution >= 0.6 is 22.6 Å². The highest BCUT2D eigenvalue weighted by atomic mass is 127.